The number of halogens is 1. The molecule has 11 heteroatoms. The number of piperazine rings is 1. The number of benzene rings is 1. The van der Waals surface area contributed by atoms with Crippen molar-refractivity contribution < 1.29 is 19.1 Å². The van der Waals surface area contributed by atoms with E-state index in [0.29, 0.717) is 50.6 Å². The maximum Gasteiger partial charge on any atom is 0.410 e. The fraction of sp³-hybridized carbons (Fsp3) is 0.564. The summed E-state index contributed by atoms with van der Waals surface area (Å²) >= 11 is 6.62. The van der Waals surface area contributed by atoms with Gasteiger partial charge in [-0.25, -0.2) is 14.6 Å². The molecule has 2 heterocycles. The lowest BCUT2D eigenvalue weighted by molar-refractivity contribution is 0.0363. The van der Waals surface area contributed by atoms with E-state index in [1.807, 2.05) is 77.1 Å². The number of nitrogens with zero attached hydrogens (tertiary/aromatic N) is 4. The molecule has 2 aliphatic heterocycles. The molecular weight excluding hydrogens is 652 g/mol. The topological polar surface area (TPSA) is 113 Å². The van der Waals surface area contributed by atoms with Gasteiger partial charge in [0.2, 0.25) is 0 Å². The highest BCUT2D eigenvalue weighted by Crippen LogP contribution is 2.42. The van der Waals surface area contributed by atoms with E-state index in [4.69, 9.17) is 26.8 Å². The lowest BCUT2D eigenvalue weighted by Crippen LogP contribution is -2.50. The summed E-state index contributed by atoms with van der Waals surface area (Å²) in [4.78, 5) is 36.6. The number of likely N-dealkylation sites (N-methyl/N-ethyl adjacent to an activating group) is 1. The molecule has 1 aliphatic carbocycles. The average Bonchev–Trinajstić information content (AvgIpc) is 3.90. The number of alkyl carbamates (subject to hydrolysis) is 1. The molecule has 1 aromatic rings. The van der Waals surface area contributed by atoms with E-state index < -0.39 is 6.09 Å². The van der Waals surface area contributed by atoms with Crippen LogP contribution in [0.1, 0.15) is 96.7 Å². The lowest BCUT2D eigenvalue weighted by atomic mass is 9.88. The van der Waals surface area contributed by atoms with E-state index in [-0.39, 0.29) is 29.9 Å². The molecule has 2 unspecified atom stereocenters. The number of nitrogens with one attached hydrogen (secondary N) is 1. The van der Waals surface area contributed by atoms with Gasteiger partial charge in [0, 0.05) is 57.0 Å². The van der Waals surface area contributed by atoms with Gasteiger partial charge in [0.1, 0.15) is 11.7 Å². The molecule has 0 aromatic heterocycles. The Hall–Kier alpha value is -3.76. The minimum absolute atomic E-state index is 0.0195. The molecule has 3 N–H and O–H groups in total. The predicted molar refractivity (Wildman–Crippen MR) is 205 cm³/mol. The highest BCUT2D eigenvalue weighted by Gasteiger charge is 2.45. The minimum atomic E-state index is -0.423. The smallest absolute Gasteiger partial charge is 0.410 e. The van der Waals surface area contributed by atoms with Crippen LogP contribution in [-0.4, -0.2) is 90.7 Å². The van der Waals surface area contributed by atoms with Gasteiger partial charge >= 0.3 is 12.2 Å². The van der Waals surface area contributed by atoms with Gasteiger partial charge in [0.25, 0.3) is 0 Å². The number of ether oxygens (including phenoxy) is 2. The molecule has 10 nitrogen and oxygen atoms in total. The lowest BCUT2D eigenvalue weighted by Gasteiger charge is -2.40. The van der Waals surface area contributed by atoms with Crippen LogP contribution in [0, 0.1) is 0 Å². The standard InChI is InChI=1S/C37H53ClN6O4.C2H6/c1-6-30(7-2)47-36(46)44-20-18-43(19-21-44)34(12-10-9-11-17-39)31-14-13-29(38)23-32(31)27(4)22-33(28-24-40-26-42(5)25-28)41-35(45)48-37(8-3)15-16-37;1-2/h9-11,13-14,17,23-24,26,30,33-34H,4,6-8,12,15-16,18-22,25,39H2,1-3,5H3,(H,41,45);1-2H3/b10-9-,17-11-;. The first-order valence-electron chi connectivity index (χ1n) is 18.2. The molecule has 1 aromatic carbocycles. The fourth-order valence-electron chi connectivity index (χ4n) is 6.32. The first kappa shape index (κ1) is 40.7. The second-order valence-electron chi connectivity index (χ2n) is 13.0. The molecule has 4 rings (SSSR count). The van der Waals surface area contributed by atoms with Gasteiger partial charge in [-0.15, -0.1) is 0 Å². The Labute approximate surface area is 305 Å². The molecule has 3 aliphatic rings. The van der Waals surface area contributed by atoms with Crippen LogP contribution in [0.2, 0.25) is 5.02 Å². The maximum absolute atomic E-state index is 13.2. The van der Waals surface area contributed by atoms with E-state index in [0.717, 1.165) is 54.4 Å². The quantitative estimate of drug-likeness (QED) is 0.177. The number of allylic oxidation sites excluding steroid dienone is 2. The van der Waals surface area contributed by atoms with Crippen LogP contribution in [0.4, 0.5) is 9.59 Å². The number of hydrogen-bond acceptors (Lipinski definition) is 8. The zero-order chi connectivity index (χ0) is 36.7. The summed E-state index contributed by atoms with van der Waals surface area (Å²) in [5.41, 5.74) is 9.07. The van der Waals surface area contributed by atoms with E-state index in [2.05, 4.69) is 33.9 Å². The van der Waals surface area contributed by atoms with Crippen molar-refractivity contribution in [2.45, 2.75) is 103 Å². The Morgan fingerprint density at radius 3 is 2.42 bits per heavy atom. The van der Waals surface area contributed by atoms with Gasteiger partial charge in [-0.3, -0.25) is 4.90 Å². The van der Waals surface area contributed by atoms with E-state index >= 15 is 0 Å². The first-order valence-corrected chi connectivity index (χ1v) is 18.6. The van der Waals surface area contributed by atoms with Gasteiger partial charge in [0.05, 0.1) is 12.4 Å². The zero-order valence-corrected chi connectivity index (χ0v) is 31.8. The number of carbonyl (C=O) groups excluding carboxylic acids is 2. The van der Waals surface area contributed by atoms with E-state index in [1.54, 1.807) is 11.2 Å². The van der Waals surface area contributed by atoms with Crippen LogP contribution in [0.5, 0.6) is 0 Å². The molecule has 0 bridgehead atoms. The second-order valence-corrected chi connectivity index (χ2v) is 13.4. The van der Waals surface area contributed by atoms with Crippen LogP contribution in [-0.2, 0) is 9.47 Å². The highest BCUT2D eigenvalue weighted by atomic mass is 35.5. The Morgan fingerprint density at radius 1 is 1.12 bits per heavy atom. The Kier molecular flexibility index (Phi) is 16.4. The van der Waals surface area contributed by atoms with Gasteiger partial charge in [0.15, 0.2) is 0 Å². The molecule has 0 spiro atoms. The van der Waals surface area contributed by atoms with Crippen molar-refractivity contribution in [2.75, 3.05) is 39.8 Å². The van der Waals surface area contributed by atoms with Crippen LogP contribution < -0.4 is 11.1 Å². The summed E-state index contributed by atoms with van der Waals surface area (Å²) in [6, 6.07) is 5.55. The summed E-state index contributed by atoms with van der Waals surface area (Å²) in [6.45, 7) is 17.8. The van der Waals surface area contributed by atoms with E-state index in [9.17, 15) is 9.59 Å². The average molecular weight is 711 g/mol. The third-order valence-electron chi connectivity index (χ3n) is 9.55. The highest BCUT2D eigenvalue weighted by molar-refractivity contribution is 6.30. The molecule has 276 valence electrons. The normalized spacial score (nSPS) is 18.4. The number of rotatable bonds is 15. The van der Waals surface area contributed by atoms with Gasteiger partial charge in [-0.1, -0.05) is 71.0 Å². The van der Waals surface area contributed by atoms with Gasteiger partial charge in [-0.2, -0.15) is 0 Å². The van der Waals surface area contributed by atoms with Crippen LogP contribution >= 0.6 is 11.6 Å². The summed E-state index contributed by atoms with van der Waals surface area (Å²) in [7, 11) is 1.95. The van der Waals surface area contributed by atoms with Crippen LogP contribution in [0.3, 0.4) is 0 Å². The third kappa shape index (κ3) is 11.7. The fourth-order valence-corrected chi connectivity index (χ4v) is 6.49. The van der Waals surface area contributed by atoms with Gasteiger partial charge < -0.3 is 30.3 Å². The molecule has 2 atom stereocenters. The number of aliphatic imine (C=N–C) groups is 1. The molecule has 50 heavy (non-hydrogen) atoms. The summed E-state index contributed by atoms with van der Waals surface area (Å²) in [5, 5.41) is 3.74. The molecular formula is C39H59ClN6O4. The Morgan fingerprint density at radius 2 is 1.82 bits per heavy atom. The van der Waals surface area contributed by atoms with Crippen molar-refractivity contribution in [1.82, 2.24) is 20.0 Å². The van der Waals surface area contributed by atoms with Crippen LogP contribution in [0.25, 0.3) is 5.57 Å². The van der Waals surface area contributed by atoms with Gasteiger partial charge in [-0.05, 0) is 91.6 Å². The first-order chi connectivity index (χ1) is 24.1. The Balaban J connectivity index is 0.00000332. The summed E-state index contributed by atoms with van der Waals surface area (Å²) in [5.74, 6) is 0. The maximum atomic E-state index is 13.2. The van der Waals surface area contributed by atoms with Crippen molar-refractivity contribution in [2.24, 2.45) is 10.7 Å². The van der Waals surface area contributed by atoms with Crippen molar-refractivity contribution >= 4 is 35.7 Å². The van der Waals surface area contributed by atoms with Crippen molar-refractivity contribution in [3.8, 4) is 0 Å². The summed E-state index contributed by atoms with van der Waals surface area (Å²) < 4.78 is 11.6. The SMILES string of the molecule is C=C(CC(NC(=O)OC1(CC)CC1)C1=CN=CN(C)C1)c1cc(Cl)ccc1C(C/C=C\C=C/N)N1CCN(C(=O)OC(CC)CC)CC1.CC. The van der Waals surface area contributed by atoms with Crippen molar-refractivity contribution in [1.29, 1.82) is 0 Å². The third-order valence-corrected chi connectivity index (χ3v) is 9.79. The zero-order valence-electron chi connectivity index (χ0n) is 31.0. The van der Waals surface area contributed by atoms with Crippen molar-refractivity contribution in [3.05, 3.63) is 77.1 Å². The second kappa shape index (κ2) is 20.2. The number of nitrogens with two attached hydrogens (primary N) is 1. The monoisotopic (exact) mass is 710 g/mol. The van der Waals surface area contributed by atoms with E-state index in [1.165, 1.54) is 6.20 Å². The summed E-state index contributed by atoms with van der Waals surface area (Å²) in [6.07, 6.45) is 15.5. The molecule has 2 amide bonds. The molecule has 2 fully saturated rings. The largest absolute Gasteiger partial charge is 0.446 e. The number of amides is 2. The molecule has 1 saturated carbocycles. The predicted octanol–water partition coefficient (Wildman–Crippen LogP) is 8.07. The molecule has 1 saturated heterocycles. The van der Waals surface area contributed by atoms with Crippen LogP contribution in [0.15, 0.2) is 66.0 Å². The minimum Gasteiger partial charge on any atom is -0.446 e. The number of hydrogen-bond donors (Lipinski definition) is 2. The Bertz CT molecular complexity index is 1390. The molecule has 0 radical (unpaired) electrons. The number of carbonyl (C=O) groups is 2. The van der Waals surface area contributed by atoms with Crippen molar-refractivity contribution in [3.63, 3.8) is 0 Å².